The minimum Gasteiger partial charge on any atom is -0.459 e. The van der Waals surface area contributed by atoms with Crippen molar-refractivity contribution in [1.29, 1.82) is 0 Å². The number of esters is 3. The maximum atomic E-state index is 12.7. The van der Waals surface area contributed by atoms with E-state index in [1.165, 1.54) is 0 Å². The summed E-state index contributed by atoms with van der Waals surface area (Å²) in [5.41, 5.74) is -0.253. The highest BCUT2D eigenvalue weighted by Crippen LogP contribution is 2.58. The van der Waals surface area contributed by atoms with Gasteiger partial charge in [0.1, 0.15) is 18.3 Å². The first-order valence-electron chi connectivity index (χ1n) is 11.3. The number of carbonyl (C=O) groups is 3. The second kappa shape index (κ2) is 9.06. The molecule has 2 saturated carbocycles. The average Bonchev–Trinajstić information content (AvgIpc) is 3.22. The lowest BCUT2D eigenvalue weighted by Crippen LogP contribution is -2.50. The van der Waals surface area contributed by atoms with E-state index in [9.17, 15) is 24.6 Å². The topological polar surface area (TPSA) is 119 Å². The van der Waals surface area contributed by atoms with E-state index >= 15 is 0 Å². The summed E-state index contributed by atoms with van der Waals surface area (Å²) in [6.07, 6.45) is -1.50. The van der Waals surface area contributed by atoms with E-state index in [2.05, 4.69) is 6.58 Å². The molecule has 1 aliphatic heterocycles. The molecule has 0 aromatic rings. The Labute approximate surface area is 194 Å². The molecule has 2 N–H and O–H groups in total. The summed E-state index contributed by atoms with van der Waals surface area (Å²) in [6.45, 7) is 14.0. The van der Waals surface area contributed by atoms with Gasteiger partial charge in [-0.15, -0.1) is 0 Å². The SMILES string of the molecule is C=C1C(=O)O[C@H]2[C@H](O)[C@@H](C)[C@@H]3[C@@H](OC(=O)/C(C)=C\C)C[C@@H](OC(=O)/C(C)=C\C)[C@@]3(C)[C@H](O)[C@H]12. The third-order valence-electron chi connectivity index (χ3n) is 7.96. The predicted molar refractivity (Wildman–Crippen MR) is 119 cm³/mol. The van der Waals surface area contributed by atoms with Gasteiger partial charge >= 0.3 is 17.9 Å². The number of allylic oxidation sites excluding steroid dienone is 2. The second-order valence-electron chi connectivity index (χ2n) is 9.62. The molecule has 8 heteroatoms. The lowest BCUT2D eigenvalue weighted by atomic mass is 9.66. The van der Waals surface area contributed by atoms with E-state index in [0.717, 1.165) is 0 Å². The van der Waals surface area contributed by atoms with Crippen LogP contribution in [0.1, 0.15) is 48.0 Å². The molecule has 3 aliphatic rings. The molecule has 0 bridgehead atoms. The van der Waals surface area contributed by atoms with Crippen LogP contribution in [0.25, 0.3) is 0 Å². The number of fused-ring (bicyclic) bond motifs is 2. The van der Waals surface area contributed by atoms with Gasteiger partial charge in [0.15, 0.2) is 0 Å². The molecule has 0 spiro atoms. The molecule has 0 aromatic carbocycles. The summed E-state index contributed by atoms with van der Waals surface area (Å²) >= 11 is 0. The van der Waals surface area contributed by atoms with Crippen molar-refractivity contribution in [2.75, 3.05) is 0 Å². The standard InChI is InChI=1S/C25H34O8/c1-8-11(3)22(28)31-15-10-16(32-23(29)12(4)9-2)25(7)18(15)14(6)19(26)20-17(21(25)27)13(5)24(30)33-20/h8-9,14-21,26-27H,5,10H2,1-4,6-7H3/b11-8-,12-9-/t14-,15-,16+,17+,18+,19+,20+,21+,25+/m0/s1. The molecule has 33 heavy (non-hydrogen) atoms. The fraction of sp³-hybridized carbons (Fsp3) is 0.640. The molecule has 0 unspecified atom stereocenters. The van der Waals surface area contributed by atoms with E-state index in [1.54, 1.807) is 53.7 Å². The summed E-state index contributed by atoms with van der Waals surface area (Å²) in [7, 11) is 0. The molecular formula is C25H34O8. The van der Waals surface area contributed by atoms with Crippen LogP contribution in [0.15, 0.2) is 35.5 Å². The van der Waals surface area contributed by atoms with Crippen LogP contribution >= 0.6 is 0 Å². The Morgan fingerprint density at radius 3 is 2.21 bits per heavy atom. The van der Waals surface area contributed by atoms with E-state index in [0.29, 0.717) is 11.1 Å². The van der Waals surface area contributed by atoms with Crippen LogP contribution in [-0.2, 0) is 28.6 Å². The molecule has 1 saturated heterocycles. The Morgan fingerprint density at radius 1 is 1.12 bits per heavy atom. The summed E-state index contributed by atoms with van der Waals surface area (Å²) in [4.78, 5) is 37.5. The van der Waals surface area contributed by atoms with Crippen LogP contribution < -0.4 is 0 Å². The average molecular weight is 463 g/mol. The molecule has 8 nitrogen and oxygen atoms in total. The Bertz CT molecular complexity index is 917. The van der Waals surface area contributed by atoms with Crippen LogP contribution in [0.2, 0.25) is 0 Å². The van der Waals surface area contributed by atoms with Gasteiger partial charge in [0.25, 0.3) is 0 Å². The fourth-order valence-corrected chi connectivity index (χ4v) is 5.66. The van der Waals surface area contributed by atoms with Crippen molar-refractivity contribution in [2.45, 2.75) is 78.5 Å². The van der Waals surface area contributed by atoms with Crippen molar-refractivity contribution < 1.29 is 38.8 Å². The summed E-state index contributed by atoms with van der Waals surface area (Å²) in [5.74, 6) is -3.72. The van der Waals surface area contributed by atoms with E-state index in [-0.39, 0.29) is 12.0 Å². The number of aliphatic hydroxyl groups is 2. The smallest absolute Gasteiger partial charge is 0.334 e. The first-order valence-corrected chi connectivity index (χ1v) is 11.3. The Morgan fingerprint density at radius 2 is 1.67 bits per heavy atom. The van der Waals surface area contributed by atoms with Gasteiger partial charge < -0.3 is 24.4 Å². The fourth-order valence-electron chi connectivity index (χ4n) is 5.66. The highest BCUT2D eigenvalue weighted by atomic mass is 16.6. The van der Waals surface area contributed by atoms with Crippen LogP contribution in [0.3, 0.4) is 0 Å². The molecule has 9 atom stereocenters. The zero-order valence-electron chi connectivity index (χ0n) is 20.0. The number of aliphatic hydroxyl groups excluding tert-OH is 2. The van der Waals surface area contributed by atoms with Crippen molar-refractivity contribution in [3.63, 3.8) is 0 Å². The number of ether oxygens (including phenoxy) is 3. The van der Waals surface area contributed by atoms with Crippen LogP contribution in [0, 0.1) is 23.2 Å². The zero-order chi connectivity index (χ0) is 24.8. The zero-order valence-corrected chi connectivity index (χ0v) is 20.0. The number of rotatable bonds is 4. The minimum absolute atomic E-state index is 0.0699. The summed E-state index contributed by atoms with van der Waals surface area (Å²) in [6, 6.07) is 0. The predicted octanol–water partition coefficient (Wildman–Crippen LogP) is 2.24. The van der Waals surface area contributed by atoms with E-state index < -0.39 is 71.6 Å². The maximum absolute atomic E-state index is 12.7. The summed E-state index contributed by atoms with van der Waals surface area (Å²) in [5, 5.41) is 22.8. The second-order valence-corrected chi connectivity index (χ2v) is 9.62. The first kappa shape index (κ1) is 25.2. The van der Waals surface area contributed by atoms with Crippen molar-refractivity contribution in [3.8, 4) is 0 Å². The van der Waals surface area contributed by atoms with Gasteiger partial charge in [-0.1, -0.05) is 32.6 Å². The molecule has 2 aliphatic carbocycles. The van der Waals surface area contributed by atoms with Gasteiger partial charge in [0.2, 0.25) is 0 Å². The monoisotopic (exact) mass is 462 g/mol. The lowest BCUT2D eigenvalue weighted by molar-refractivity contribution is -0.161. The molecule has 1 heterocycles. The van der Waals surface area contributed by atoms with Gasteiger partial charge in [-0.25, -0.2) is 14.4 Å². The minimum atomic E-state index is -1.23. The summed E-state index contributed by atoms with van der Waals surface area (Å²) < 4.78 is 17.1. The van der Waals surface area contributed by atoms with E-state index in [1.807, 2.05) is 0 Å². The molecule has 3 fully saturated rings. The third-order valence-corrected chi connectivity index (χ3v) is 7.96. The molecule has 3 rings (SSSR count). The van der Waals surface area contributed by atoms with Crippen LogP contribution in [-0.4, -0.2) is 58.6 Å². The highest BCUT2D eigenvalue weighted by Gasteiger charge is 2.68. The van der Waals surface area contributed by atoms with Crippen molar-refractivity contribution in [3.05, 3.63) is 35.5 Å². The van der Waals surface area contributed by atoms with Crippen molar-refractivity contribution in [2.24, 2.45) is 23.2 Å². The van der Waals surface area contributed by atoms with Gasteiger partial charge in [0, 0.05) is 34.5 Å². The number of hydrogen-bond acceptors (Lipinski definition) is 8. The van der Waals surface area contributed by atoms with Gasteiger partial charge in [0.05, 0.1) is 18.1 Å². The van der Waals surface area contributed by atoms with Gasteiger partial charge in [-0.2, -0.15) is 0 Å². The van der Waals surface area contributed by atoms with Crippen LogP contribution in [0.4, 0.5) is 0 Å². The maximum Gasteiger partial charge on any atom is 0.334 e. The molecular weight excluding hydrogens is 428 g/mol. The Hall–Kier alpha value is -2.45. The van der Waals surface area contributed by atoms with Gasteiger partial charge in [-0.05, 0) is 33.6 Å². The largest absolute Gasteiger partial charge is 0.459 e. The normalized spacial score (nSPS) is 41.1. The lowest BCUT2D eigenvalue weighted by Gasteiger charge is -2.42. The van der Waals surface area contributed by atoms with Crippen molar-refractivity contribution >= 4 is 17.9 Å². The number of carbonyl (C=O) groups excluding carboxylic acids is 3. The molecule has 0 amide bonds. The molecule has 182 valence electrons. The molecule has 0 radical (unpaired) electrons. The Balaban J connectivity index is 2.09. The third kappa shape index (κ3) is 3.93. The van der Waals surface area contributed by atoms with Gasteiger partial charge in [-0.3, -0.25) is 0 Å². The quantitative estimate of drug-likeness (QED) is 0.371. The van der Waals surface area contributed by atoms with Crippen molar-refractivity contribution in [1.82, 2.24) is 0 Å². The van der Waals surface area contributed by atoms with E-state index in [4.69, 9.17) is 14.2 Å². The first-order chi connectivity index (χ1) is 15.4. The molecule has 0 aromatic heterocycles. The van der Waals surface area contributed by atoms with Crippen LogP contribution in [0.5, 0.6) is 0 Å². The highest BCUT2D eigenvalue weighted by molar-refractivity contribution is 5.91. The number of hydrogen-bond donors (Lipinski definition) is 2. The Kier molecular flexibility index (Phi) is 6.92.